The quantitative estimate of drug-likeness (QED) is 0.518. The molecule has 0 bridgehead atoms. The molecule has 3 aromatic heterocycles. The van der Waals surface area contributed by atoms with E-state index in [2.05, 4.69) is 15.4 Å². The number of aromatic nitrogens is 4. The number of nitrogens with zero attached hydrogens (tertiary/aromatic N) is 5. The van der Waals surface area contributed by atoms with E-state index in [-0.39, 0.29) is 11.7 Å². The van der Waals surface area contributed by atoms with Crippen molar-refractivity contribution in [1.29, 1.82) is 0 Å². The van der Waals surface area contributed by atoms with Gasteiger partial charge in [0.2, 0.25) is 10.0 Å². The lowest BCUT2D eigenvalue weighted by molar-refractivity contribution is 0.102. The van der Waals surface area contributed by atoms with E-state index in [1.807, 2.05) is 35.0 Å². The smallest absolute Gasteiger partial charge is 0.255 e. The van der Waals surface area contributed by atoms with Crippen molar-refractivity contribution in [2.75, 3.05) is 21.9 Å². The van der Waals surface area contributed by atoms with Crippen molar-refractivity contribution < 1.29 is 13.2 Å². The molecule has 0 aliphatic carbocycles. The molecular formula is C21H20N6O3S. The molecule has 1 amide bonds. The summed E-state index contributed by atoms with van der Waals surface area (Å²) in [4.78, 5) is 17.1. The number of anilines is 2. The van der Waals surface area contributed by atoms with Gasteiger partial charge in [0.15, 0.2) is 0 Å². The summed E-state index contributed by atoms with van der Waals surface area (Å²) in [5.41, 5.74) is 3.31. The van der Waals surface area contributed by atoms with Gasteiger partial charge in [0.1, 0.15) is 5.65 Å². The normalized spacial score (nSPS) is 15.4. The highest BCUT2D eigenvalue weighted by atomic mass is 32.2. The third-order valence-electron chi connectivity index (χ3n) is 5.15. The predicted octanol–water partition coefficient (Wildman–Crippen LogP) is 2.37. The zero-order chi connectivity index (χ0) is 21.4. The van der Waals surface area contributed by atoms with Crippen molar-refractivity contribution in [3.05, 3.63) is 78.5 Å². The van der Waals surface area contributed by atoms with Crippen molar-refractivity contribution in [1.82, 2.24) is 19.2 Å². The topological polar surface area (TPSA) is 102 Å². The number of hydrogen-bond acceptors (Lipinski definition) is 5. The van der Waals surface area contributed by atoms with E-state index in [1.54, 1.807) is 41.3 Å². The average molecular weight is 436 g/mol. The Morgan fingerprint density at radius 3 is 2.68 bits per heavy atom. The molecule has 31 heavy (non-hydrogen) atoms. The third-order valence-corrected chi connectivity index (χ3v) is 7.02. The molecule has 158 valence electrons. The second-order valence-corrected chi connectivity index (χ2v) is 9.38. The molecular weight excluding hydrogens is 416 g/mol. The Hall–Kier alpha value is -3.66. The van der Waals surface area contributed by atoms with Crippen LogP contribution in [0.5, 0.6) is 0 Å². The van der Waals surface area contributed by atoms with Gasteiger partial charge in [-0.15, -0.1) is 0 Å². The molecule has 4 aromatic rings. The number of nitrogens with one attached hydrogen (secondary N) is 1. The first-order chi connectivity index (χ1) is 15.0. The number of hydrogen-bond donors (Lipinski definition) is 1. The van der Waals surface area contributed by atoms with Gasteiger partial charge in [-0.2, -0.15) is 5.10 Å². The van der Waals surface area contributed by atoms with Crippen LogP contribution in [0.25, 0.3) is 5.65 Å². The number of fused-ring (bicyclic) bond motifs is 1. The van der Waals surface area contributed by atoms with Crippen LogP contribution in [-0.2, 0) is 16.6 Å². The zero-order valence-corrected chi connectivity index (χ0v) is 17.4. The number of amides is 1. The maximum atomic E-state index is 12.6. The van der Waals surface area contributed by atoms with Crippen molar-refractivity contribution in [2.24, 2.45) is 0 Å². The van der Waals surface area contributed by atoms with Crippen LogP contribution < -0.4 is 9.62 Å². The molecule has 9 nitrogen and oxygen atoms in total. The molecule has 1 N–H and O–H groups in total. The molecule has 0 atom stereocenters. The van der Waals surface area contributed by atoms with Gasteiger partial charge in [0.05, 0.1) is 35.6 Å². The van der Waals surface area contributed by atoms with Gasteiger partial charge in [0, 0.05) is 30.7 Å². The Bertz CT molecular complexity index is 1320. The van der Waals surface area contributed by atoms with E-state index < -0.39 is 10.0 Å². The highest BCUT2D eigenvalue weighted by molar-refractivity contribution is 7.93. The SMILES string of the molecule is O=C(Nc1cnn(Cc2cn3ccccc3n2)c1)c1ccc(N2CCCS2(=O)=O)cc1. The molecule has 1 fully saturated rings. The summed E-state index contributed by atoms with van der Waals surface area (Å²) in [5.74, 6) is -0.128. The first-order valence-electron chi connectivity index (χ1n) is 9.85. The number of carbonyl (C=O) groups is 1. The standard InChI is InChI=1S/C21H20N6O3S/c28-21(16-5-7-19(8-6-16)27-10-3-11-31(27,29)30)24-17-12-22-26(14-17)15-18-13-25-9-2-1-4-20(25)23-18/h1-2,4-9,12-14H,3,10-11,15H2,(H,24,28). The van der Waals surface area contributed by atoms with Crippen molar-refractivity contribution in [3.63, 3.8) is 0 Å². The van der Waals surface area contributed by atoms with Gasteiger partial charge < -0.3 is 9.72 Å². The summed E-state index contributed by atoms with van der Waals surface area (Å²) in [7, 11) is -3.24. The van der Waals surface area contributed by atoms with Gasteiger partial charge in [-0.1, -0.05) is 6.07 Å². The van der Waals surface area contributed by atoms with Gasteiger partial charge >= 0.3 is 0 Å². The number of imidazole rings is 1. The zero-order valence-electron chi connectivity index (χ0n) is 16.5. The second-order valence-electron chi connectivity index (χ2n) is 7.37. The summed E-state index contributed by atoms with van der Waals surface area (Å²) < 4.78 is 29.1. The lowest BCUT2D eigenvalue weighted by Crippen LogP contribution is -2.25. The summed E-state index contributed by atoms with van der Waals surface area (Å²) in [6.45, 7) is 0.954. The minimum absolute atomic E-state index is 0.161. The van der Waals surface area contributed by atoms with Crippen molar-refractivity contribution in [2.45, 2.75) is 13.0 Å². The fourth-order valence-electron chi connectivity index (χ4n) is 3.66. The highest BCUT2D eigenvalue weighted by Crippen LogP contribution is 2.24. The lowest BCUT2D eigenvalue weighted by Gasteiger charge is -2.16. The Labute approximate surface area is 179 Å². The van der Waals surface area contributed by atoms with E-state index >= 15 is 0 Å². The summed E-state index contributed by atoms with van der Waals surface area (Å²) >= 11 is 0. The first kappa shape index (κ1) is 19.3. The van der Waals surface area contributed by atoms with Crippen LogP contribution in [0.3, 0.4) is 0 Å². The first-order valence-corrected chi connectivity index (χ1v) is 11.5. The molecule has 0 unspecified atom stereocenters. The van der Waals surface area contributed by atoms with Crippen LogP contribution in [0.1, 0.15) is 22.5 Å². The van der Waals surface area contributed by atoms with Gasteiger partial charge in [-0.05, 0) is 42.8 Å². The van der Waals surface area contributed by atoms with Crippen LogP contribution >= 0.6 is 0 Å². The van der Waals surface area contributed by atoms with E-state index in [9.17, 15) is 13.2 Å². The molecule has 0 spiro atoms. The fourth-order valence-corrected chi connectivity index (χ4v) is 5.22. The van der Waals surface area contributed by atoms with Gasteiger partial charge in [-0.3, -0.25) is 13.8 Å². The number of pyridine rings is 1. The average Bonchev–Trinajstić information content (AvgIpc) is 3.46. The van der Waals surface area contributed by atoms with Crippen molar-refractivity contribution >= 4 is 33.0 Å². The fraction of sp³-hybridized carbons (Fsp3) is 0.190. The Kier molecular flexibility index (Phi) is 4.70. The van der Waals surface area contributed by atoms with Crippen LogP contribution in [0.15, 0.2) is 67.3 Å². The predicted molar refractivity (Wildman–Crippen MR) is 117 cm³/mol. The number of carbonyl (C=O) groups excluding carboxylic acids is 1. The van der Waals surface area contributed by atoms with E-state index in [1.165, 1.54) is 4.31 Å². The third kappa shape index (κ3) is 3.89. The molecule has 0 saturated carbocycles. The molecule has 4 heterocycles. The van der Waals surface area contributed by atoms with Crippen LogP contribution in [0.2, 0.25) is 0 Å². The minimum Gasteiger partial charge on any atom is -0.319 e. The number of sulfonamides is 1. The largest absolute Gasteiger partial charge is 0.319 e. The molecule has 5 rings (SSSR count). The Morgan fingerprint density at radius 2 is 1.94 bits per heavy atom. The van der Waals surface area contributed by atoms with Crippen LogP contribution in [0.4, 0.5) is 11.4 Å². The van der Waals surface area contributed by atoms with Crippen molar-refractivity contribution in [3.8, 4) is 0 Å². The molecule has 10 heteroatoms. The van der Waals surface area contributed by atoms with E-state index in [4.69, 9.17) is 0 Å². The molecule has 1 aliphatic heterocycles. The Balaban J connectivity index is 1.25. The molecule has 1 saturated heterocycles. The molecule has 1 aromatic carbocycles. The maximum absolute atomic E-state index is 12.6. The second kappa shape index (κ2) is 7.55. The molecule has 1 aliphatic rings. The van der Waals surface area contributed by atoms with Crippen LogP contribution in [0, 0.1) is 0 Å². The highest BCUT2D eigenvalue weighted by Gasteiger charge is 2.28. The lowest BCUT2D eigenvalue weighted by atomic mass is 10.2. The summed E-state index contributed by atoms with van der Waals surface area (Å²) in [6, 6.07) is 12.4. The monoisotopic (exact) mass is 436 g/mol. The van der Waals surface area contributed by atoms with Gasteiger partial charge in [0.25, 0.3) is 5.91 Å². The Morgan fingerprint density at radius 1 is 1.10 bits per heavy atom. The van der Waals surface area contributed by atoms with E-state index in [0.29, 0.717) is 36.4 Å². The van der Waals surface area contributed by atoms with Gasteiger partial charge in [-0.25, -0.2) is 13.4 Å². The van der Waals surface area contributed by atoms with Crippen LogP contribution in [-0.4, -0.2) is 45.8 Å². The summed E-state index contributed by atoms with van der Waals surface area (Å²) in [5, 5.41) is 7.11. The summed E-state index contributed by atoms with van der Waals surface area (Å²) in [6.07, 6.45) is 7.82. The molecule has 0 radical (unpaired) electrons. The number of benzene rings is 1. The maximum Gasteiger partial charge on any atom is 0.255 e. The minimum atomic E-state index is -3.24. The van der Waals surface area contributed by atoms with E-state index in [0.717, 1.165) is 11.3 Å². The number of rotatable bonds is 5.